The third kappa shape index (κ3) is 7.25. The number of hydrogen-bond donors (Lipinski definition) is 0. The quantitative estimate of drug-likeness (QED) is 0.145. The zero-order valence-corrected chi connectivity index (χ0v) is 35.9. The van der Waals surface area contributed by atoms with Crippen LogP contribution in [0.2, 0.25) is 0 Å². The summed E-state index contributed by atoms with van der Waals surface area (Å²) in [7, 11) is 0. The van der Waals surface area contributed by atoms with E-state index in [9.17, 15) is 0 Å². The normalized spacial score (nSPS) is 11.3. The van der Waals surface area contributed by atoms with Crippen LogP contribution in [0.15, 0.2) is 249 Å². The Morgan fingerprint density at radius 2 is 0.712 bits per heavy atom. The second-order valence-electron chi connectivity index (χ2n) is 16.5. The van der Waals surface area contributed by atoms with Crippen LogP contribution in [0.1, 0.15) is 0 Å². The van der Waals surface area contributed by atoms with Crippen LogP contribution < -0.4 is 4.90 Å². The number of anilines is 3. The molecule has 2 heterocycles. The standard InChI is InChI=1S/C61H41N5/c1-5-16-42(17-6-1)45-30-33-52(34-31-45)65(53-27-15-26-49(39-53)43-18-7-2-8-19-43)54-35-37-56-55-36-32-51(50-29-28-44-20-13-14-25-48(44)38-50)40-57(55)66(58(56)41-54)61-63-59(46-21-9-3-10-22-46)62-60(64-61)47-23-11-4-12-24-47/h1-41H. The Labute approximate surface area is 383 Å². The molecule has 0 bridgehead atoms. The predicted molar refractivity (Wildman–Crippen MR) is 274 cm³/mol. The summed E-state index contributed by atoms with van der Waals surface area (Å²) < 4.78 is 2.23. The van der Waals surface area contributed by atoms with Gasteiger partial charge >= 0.3 is 0 Å². The molecule has 10 aromatic carbocycles. The SMILES string of the molecule is c1ccc(-c2ccc(N(c3cccc(-c4ccccc4)c3)c3ccc4c5ccc(-c6ccc7ccccc7c6)cc5n(-c5nc(-c6ccccc6)nc(-c6ccccc6)n5)c4c3)cc2)cc1. The van der Waals surface area contributed by atoms with Crippen molar-refractivity contribution in [2.75, 3.05) is 4.90 Å². The first kappa shape index (κ1) is 38.7. The van der Waals surface area contributed by atoms with Crippen molar-refractivity contribution in [2.24, 2.45) is 0 Å². The van der Waals surface area contributed by atoms with Crippen molar-refractivity contribution < 1.29 is 0 Å². The Balaban J connectivity index is 1.11. The molecule has 0 unspecified atom stereocenters. The maximum atomic E-state index is 5.32. The molecule has 0 N–H and O–H groups in total. The summed E-state index contributed by atoms with van der Waals surface area (Å²) in [5.41, 5.74) is 13.8. The van der Waals surface area contributed by atoms with Gasteiger partial charge in [-0.1, -0.05) is 200 Å². The highest BCUT2D eigenvalue weighted by atomic mass is 15.2. The van der Waals surface area contributed by atoms with E-state index in [0.29, 0.717) is 17.6 Å². The van der Waals surface area contributed by atoms with Crippen molar-refractivity contribution in [1.82, 2.24) is 19.5 Å². The maximum Gasteiger partial charge on any atom is 0.238 e. The molecule has 5 heteroatoms. The molecule has 0 saturated carbocycles. The first-order valence-corrected chi connectivity index (χ1v) is 22.3. The minimum Gasteiger partial charge on any atom is -0.310 e. The third-order valence-corrected chi connectivity index (χ3v) is 12.4. The molecule has 12 aromatic rings. The van der Waals surface area contributed by atoms with Gasteiger partial charge < -0.3 is 4.90 Å². The van der Waals surface area contributed by atoms with E-state index >= 15 is 0 Å². The summed E-state index contributed by atoms with van der Waals surface area (Å²) in [4.78, 5) is 18.1. The van der Waals surface area contributed by atoms with E-state index in [2.05, 4.69) is 222 Å². The molecule has 12 rings (SSSR count). The van der Waals surface area contributed by atoms with Crippen molar-refractivity contribution in [3.63, 3.8) is 0 Å². The van der Waals surface area contributed by atoms with Gasteiger partial charge in [-0.2, -0.15) is 9.97 Å². The van der Waals surface area contributed by atoms with Crippen molar-refractivity contribution in [3.05, 3.63) is 249 Å². The largest absolute Gasteiger partial charge is 0.310 e. The van der Waals surface area contributed by atoms with Crippen LogP contribution in [-0.2, 0) is 0 Å². The van der Waals surface area contributed by atoms with Crippen LogP contribution in [0.5, 0.6) is 0 Å². The molecule has 0 aliphatic carbocycles. The second kappa shape index (κ2) is 16.6. The van der Waals surface area contributed by atoms with E-state index in [1.54, 1.807) is 0 Å². The summed E-state index contributed by atoms with van der Waals surface area (Å²) in [6, 6.07) is 87.9. The Morgan fingerprint density at radius 1 is 0.273 bits per heavy atom. The highest BCUT2D eigenvalue weighted by molar-refractivity contribution is 6.11. The topological polar surface area (TPSA) is 46.8 Å². The molecule has 310 valence electrons. The smallest absolute Gasteiger partial charge is 0.238 e. The van der Waals surface area contributed by atoms with Gasteiger partial charge in [-0.3, -0.25) is 4.57 Å². The van der Waals surface area contributed by atoms with Gasteiger partial charge in [0.2, 0.25) is 5.95 Å². The van der Waals surface area contributed by atoms with Crippen LogP contribution >= 0.6 is 0 Å². The number of fused-ring (bicyclic) bond motifs is 4. The lowest BCUT2D eigenvalue weighted by Crippen LogP contribution is -2.10. The molecule has 0 amide bonds. The van der Waals surface area contributed by atoms with Crippen molar-refractivity contribution >= 4 is 49.6 Å². The van der Waals surface area contributed by atoms with Crippen LogP contribution in [0.4, 0.5) is 17.1 Å². The summed E-state index contributed by atoms with van der Waals surface area (Å²) in [6.45, 7) is 0. The minimum atomic E-state index is 0.542. The molecule has 5 nitrogen and oxygen atoms in total. The second-order valence-corrected chi connectivity index (χ2v) is 16.5. The fraction of sp³-hybridized carbons (Fsp3) is 0. The fourth-order valence-electron chi connectivity index (χ4n) is 9.14. The molecular formula is C61H41N5. The zero-order valence-electron chi connectivity index (χ0n) is 35.9. The molecule has 0 fully saturated rings. The van der Waals surface area contributed by atoms with E-state index in [1.807, 2.05) is 36.4 Å². The Bertz CT molecular complexity index is 3620. The molecule has 0 aliphatic heterocycles. The van der Waals surface area contributed by atoms with Crippen molar-refractivity contribution in [1.29, 1.82) is 0 Å². The average molecular weight is 844 g/mol. The van der Waals surface area contributed by atoms with Gasteiger partial charge in [0.25, 0.3) is 0 Å². The average Bonchev–Trinajstić information content (AvgIpc) is 3.73. The van der Waals surface area contributed by atoms with Crippen LogP contribution in [0.25, 0.3) is 94.7 Å². The van der Waals surface area contributed by atoms with E-state index < -0.39 is 0 Å². The molecule has 0 saturated heterocycles. The van der Waals surface area contributed by atoms with Gasteiger partial charge in [-0.25, -0.2) is 4.98 Å². The number of aromatic nitrogens is 4. The Kier molecular flexibility index (Phi) is 9.77. The highest BCUT2D eigenvalue weighted by Gasteiger charge is 2.22. The van der Waals surface area contributed by atoms with E-state index in [-0.39, 0.29) is 0 Å². The zero-order chi connectivity index (χ0) is 43.8. The van der Waals surface area contributed by atoms with Gasteiger partial charge in [-0.15, -0.1) is 0 Å². The molecular weight excluding hydrogens is 803 g/mol. The van der Waals surface area contributed by atoms with Gasteiger partial charge in [-0.05, 0) is 92.7 Å². The number of benzene rings is 10. The van der Waals surface area contributed by atoms with Gasteiger partial charge in [0.05, 0.1) is 11.0 Å². The third-order valence-electron chi connectivity index (χ3n) is 12.4. The van der Waals surface area contributed by atoms with Gasteiger partial charge in [0.1, 0.15) is 0 Å². The van der Waals surface area contributed by atoms with Crippen molar-refractivity contribution in [3.8, 4) is 62.1 Å². The highest BCUT2D eigenvalue weighted by Crippen LogP contribution is 2.42. The van der Waals surface area contributed by atoms with Gasteiger partial charge in [0.15, 0.2) is 11.6 Å². The van der Waals surface area contributed by atoms with Crippen LogP contribution in [0, 0.1) is 0 Å². The predicted octanol–water partition coefficient (Wildman–Crippen LogP) is 15.9. The Morgan fingerprint density at radius 3 is 1.36 bits per heavy atom. The number of hydrogen-bond acceptors (Lipinski definition) is 4. The summed E-state index contributed by atoms with van der Waals surface area (Å²) >= 11 is 0. The monoisotopic (exact) mass is 843 g/mol. The van der Waals surface area contributed by atoms with Crippen molar-refractivity contribution in [2.45, 2.75) is 0 Å². The molecule has 2 aromatic heterocycles. The molecule has 0 spiro atoms. The van der Waals surface area contributed by atoms with Gasteiger partial charge in [0, 0.05) is 39.0 Å². The molecule has 0 aliphatic rings. The summed E-state index contributed by atoms with van der Waals surface area (Å²) in [6.07, 6.45) is 0. The fourth-order valence-corrected chi connectivity index (χ4v) is 9.14. The molecule has 0 radical (unpaired) electrons. The number of rotatable bonds is 9. The lowest BCUT2D eigenvalue weighted by atomic mass is 10.00. The Hall–Kier alpha value is -8.93. The molecule has 66 heavy (non-hydrogen) atoms. The van der Waals surface area contributed by atoms with E-state index in [0.717, 1.165) is 77.8 Å². The number of nitrogens with zero attached hydrogens (tertiary/aromatic N) is 5. The maximum absolute atomic E-state index is 5.32. The first-order valence-electron chi connectivity index (χ1n) is 22.3. The lowest BCUT2D eigenvalue weighted by molar-refractivity contribution is 0.953. The summed E-state index contributed by atoms with van der Waals surface area (Å²) in [5, 5.41) is 4.61. The van der Waals surface area contributed by atoms with E-state index in [4.69, 9.17) is 15.0 Å². The molecule has 0 atom stereocenters. The van der Waals surface area contributed by atoms with Crippen LogP contribution in [0.3, 0.4) is 0 Å². The summed E-state index contributed by atoms with van der Waals surface area (Å²) in [5.74, 6) is 1.75. The lowest BCUT2D eigenvalue weighted by Gasteiger charge is -2.26. The first-order chi connectivity index (χ1) is 32.7. The van der Waals surface area contributed by atoms with E-state index in [1.165, 1.54) is 16.3 Å². The minimum absolute atomic E-state index is 0.542. The van der Waals surface area contributed by atoms with Crippen LogP contribution in [-0.4, -0.2) is 19.5 Å².